The Balaban J connectivity index is 2.11. The minimum atomic E-state index is -0.527. The number of nitrogens with two attached hydrogens (primary N) is 1. The first kappa shape index (κ1) is 13.7. The second-order valence-electron chi connectivity index (χ2n) is 4.84. The van der Waals surface area contributed by atoms with Gasteiger partial charge in [0.05, 0.1) is 5.56 Å². The summed E-state index contributed by atoms with van der Waals surface area (Å²) in [4.78, 5) is 18.8. The lowest BCUT2D eigenvalue weighted by atomic mass is 10.1. The topological polar surface area (TPSA) is 81.0 Å². The molecule has 0 aliphatic carbocycles. The smallest absolute Gasteiger partial charge is 0.250 e. The maximum Gasteiger partial charge on any atom is 0.250 e. The summed E-state index contributed by atoms with van der Waals surface area (Å²) in [6.07, 6.45) is 8.58. The Kier molecular flexibility index (Phi) is 3.28. The molecule has 0 bridgehead atoms. The number of aromatic amines is 1. The van der Waals surface area contributed by atoms with Crippen LogP contribution in [0.15, 0.2) is 36.7 Å². The minimum absolute atomic E-state index is 0.360. The summed E-state index contributed by atoms with van der Waals surface area (Å²) in [5.41, 5.74) is 7.99. The van der Waals surface area contributed by atoms with Crippen LogP contribution >= 0.6 is 0 Å². The lowest BCUT2D eigenvalue weighted by Gasteiger charge is -2.08. The average molecular weight is 291 g/mol. The number of hydrogen-bond donors (Lipinski definition) is 2. The number of benzene rings is 1. The lowest BCUT2D eigenvalue weighted by Crippen LogP contribution is -2.12. The highest BCUT2D eigenvalue weighted by Gasteiger charge is 2.16. The number of amides is 1. The van der Waals surface area contributed by atoms with E-state index in [1.165, 1.54) is 6.20 Å². The van der Waals surface area contributed by atoms with Crippen LogP contribution in [-0.4, -0.2) is 15.9 Å². The monoisotopic (exact) mass is 291 g/mol. The van der Waals surface area contributed by atoms with E-state index in [9.17, 15) is 4.79 Å². The van der Waals surface area contributed by atoms with Crippen molar-refractivity contribution in [3.63, 3.8) is 0 Å². The van der Waals surface area contributed by atoms with Gasteiger partial charge in [0.25, 0.3) is 5.91 Å². The number of primary amides is 1. The minimum Gasteiger partial charge on any atom is -0.437 e. The first-order chi connectivity index (χ1) is 10.6. The first-order valence-corrected chi connectivity index (χ1v) is 6.61. The quantitative estimate of drug-likeness (QED) is 0.728. The molecule has 0 fully saturated rings. The summed E-state index contributed by atoms with van der Waals surface area (Å²) in [5, 5.41) is 0.714. The van der Waals surface area contributed by atoms with Crippen molar-refractivity contribution in [2.75, 3.05) is 0 Å². The molecular formula is C17H13N3O2. The van der Waals surface area contributed by atoms with E-state index in [0.29, 0.717) is 33.7 Å². The summed E-state index contributed by atoms with van der Waals surface area (Å²) >= 11 is 0. The van der Waals surface area contributed by atoms with Gasteiger partial charge >= 0.3 is 0 Å². The molecule has 22 heavy (non-hydrogen) atoms. The standard InChI is InChI=1S/C17H13N3O2/c1-3-11-5-4-6-12(7-11)22-17-15-14(10(2)8-19-15)13(9-20-17)16(18)21/h1,4-9,19H,2H3,(H2,18,21). The van der Waals surface area contributed by atoms with Crippen molar-refractivity contribution in [3.8, 4) is 24.0 Å². The SMILES string of the molecule is C#Cc1cccc(Oc2ncc(C(N)=O)c3c(C)c[nH]c23)c1. The number of nitrogens with one attached hydrogen (secondary N) is 1. The van der Waals surface area contributed by atoms with Gasteiger partial charge in [0.1, 0.15) is 11.3 Å². The van der Waals surface area contributed by atoms with Crippen molar-refractivity contribution < 1.29 is 9.53 Å². The van der Waals surface area contributed by atoms with Crippen LogP contribution in [0.25, 0.3) is 10.9 Å². The van der Waals surface area contributed by atoms with Crippen LogP contribution in [0.2, 0.25) is 0 Å². The van der Waals surface area contributed by atoms with Crippen molar-refractivity contribution in [2.24, 2.45) is 5.73 Å². The number of carbonyl (C=O) groups is 1. The fourth-order valence-electron chi connectivity index (χ4n) is 2.32. The van der Waals surface area contributed by atoms with E-state index < -0.39 is 5.91 Å². The van der Waals surface area contributed by atoms with E-state index >= 15 is 0 Å². The van der Waals surface area contributed by atoms with Gasteiger partial charge in [0.15, 0.2) is 0 Å². The Morgan fingerprint density at radius 3 is 3.00 bits per heavy atom. The Morgan fingerprint density at radius 1 is 1.45 bits per heavy atom. The average Bonchev–Trinajstić information content (AvgIpc) is 2.90. The van der Waals surface area contributed by atoms with Gasteiger partial charge in [-0.25, -0.2) is 4.98 Å². The number of aryl methyl sites for hydroxylation is 1. The maximum atomic E-state index is 11.5. The van der Waals surface area contributed by atoms with Crippen molar-refractivity contribution in [1.82, 2.24) is 9.97 Å². The van der Waals surface area contributed by atoms with E-state index in [1.54, 1.807) is 24.4 Å². The second-order valence-corrected chi connectivity index (χ2v) is 4.84. The molecule has 2 aromatic heterocycles. The normalized spacial score (nSPS) is 10.4. The molecular weight excluding hydrogens is 278 g/mol. The number of rotatable bonds is 3. The second kappa shape index (κ2) is 5.26. The molecule has 0 saturated carbocycles. The fraction of sp³-hybridized carbons (Fsp3) is 0.0588. The van der Waals surface area contributed by atoms with Crippen molar-refractivity contribution >= 4 is 16.8 Å². The molecule has 0 spiro atoms. The zero-order chi connectivity index (χ0) is 15.7. The molecule has 0 aliphatic heterocycles. The number of H-pyrrole nitrogens is 1. The van der Waals surface area contributed by atoms with Gasteiger partial charge in [-0.2, -0.15) is 0 Å². The van der Waals surface area contributed by atoms with E-state index in [4.69, 9.17) is 16.9 Å². The molecule has 2 heterocycles. The Bertz CT molecular complexity index is 919. The third kappa shape index (κ3) is 2.27. The molecule has 0 atom stereocenters. The van der Waals surface area contributed by atoms with Gasteiger partial charge in [-0.05, 0) is 30.7 Å². The largest absolute Gasteiger partial charge is 0.437 e. The number of carbonyl (C=O) groups excluding carboxylic acids is 1. The number of hydrogen-bond acceptors (Lipinski definition) is 3. The predicted molar refractivity (Wildman–Crippen MR) is 83.8 cm³/mol. The van der Waals surface area contributed by atoms with Gasteiger partial charge in [0.2, 0.25) is 5.88 Å². The molecule has 108 valence electrons. The highest BCUT2D eigenvalue weighted by Crippen LogP contribution is 2.31. The number of pyridine rings is 1. The van der Waals surface area contributed by atoms with Crippen molar-refractivity contribution in [2.45, 2.75) is 6.92 Å². The molecule has 0 unspecified atom stereocenters. The van der Waals surface area contributed by atoms with Crippen LogP contribution in [0, 0.1) is 19.3 Å². The maximum absolute atomic E-state index is 11.5. The Morgan fingerprint density at radius 2 is 2.27 bits per heavy atom. The van der Waals surface area contributed by atoms with E-state index in [2.05, 4.69) is 15.9 Å². The molecule has 1 aromatic carbocycles. The van der Waals surface area contributed by atoms with Crippen LogP contribution in [0.1, 0.15) is 21.5 Å². The Labute approximate surface area is 127 Å². The third-order valence-corrected chi connectivity index (χ3v) is 3.35. The molecule has 3 rings (SSSR count). The van der Waals surface area contributed by atoms with E-state index in [-0.39, 0.29) is 0 Å². The van der Waals surface area contributed by atoms with Gasteiger partial charge in [-0.1, -0.05) is 12.0 Å². The molecule has 0 saturated heterocycles. The highest BCUT2D eigenvalue weighted by molar-refractivity contribution is 6.07. The first-order valence-electron chi connectivity index (χ1n) is 6.61. The summed E-state index contributed by atoms with van der Waals surface area (Å²) in [7, 11) is 0. The Hall–Kier alpha value is -3.26. The van der Waals surface area contributed by atoms with Gasteiger partial charge in [0, 0.05) is 23.3 Å². The zero-order valence-electron chi connectivity index (χ0n) is 11.9. The molecule has 3 N–H and O–H groups in total. The number of fused-ring (bicyclic) bond motifs is 1. The highest BCUT2D eigenvalue weighted by atomic mass is 16.5. The number of ether oxygens (including phenoxy) is 1. The molecule has 3 aromatic rings. The van der Waals surface area contributed by atoms with Gasteiger partial charge in [-0.3, -0.25) is 4.79 Å². The van der Waals surface area contributed by atoms with Crippen LogP contribution in [0.5, 0.6) is 11.6 Å². The van der Waals surface area contributed by atoms with Crippen LogP contribution in [0.3, 0.4) is 0 Å². The zero-order valence-corrected chi connectivity index (χ0v) is 11.9. The molecule has 1 amide bonds. The molecule has 5 heteroatoms. The number of terminal acetylenes is 1. The van der Waals surface area contributed by atoms with Gasteiger partial charge in [-0.15, -0.1) is 6.42 Å². The van der Waals surface area contributed by atoms with Crippen molar-refractivity contribution in [1.29, 1.82) is 0 Å². The van der Waals surface area contributed by atoms with Crippen LogP contribution in [0.4, 0.5) is 0 Å². The van der Waals surface area contributed by atoms with E-state index in [0.717, 1.165) is 5.56 Å². The van der Waals surface area contributed by atoms with E-state index in [1.807, 2.05) is 13.0 Å². The lowest BCUT2D eigenvalue weighted by molar-refractivity contribution is 0.100. The number of aromatic nitrogens is 2. The molecule has 5 nitrogen and oxygen atoms in total. The summed E-state index contributed by atoms with van der Waals surface area (Å²) < 4.78 is 5.79. The van der Waals surface area contributed by atoms with Crippen molar-refractivity contribution in [3.05, 3.63) is 53.3 Å². The summed E-state index contributed by atoms with van der Waals surface area (Å²) in [6, 6.07) is 7.14. The van der Waals surface area contributed by atoms with Crippen LogP contribution in [-0.2, 0) is 0 Å². The summed E-state index contributed by atoms with van der Waals surface area (Å²) in [6.45, 7) is 1.88. The van der Waals surface area contributed by atoms with Crippen LogP contribution < -0.4 is 10.5 Å². The fourth-order valence-corrected chi connectivity index (χ4v) is 2.32. The van der Waals surface area contributed by atoms with Gasteiger partial charge < -0.3 is 15.5 Å². The number of nitrogens with zero attached hydrogens (tertiary/aromatic N) is 1. The summed E-state index contributed by atoms with van der Waals surface area (Å²) in [5.74, 6) is 2.96. The third-order valence-electron chi connectivity index (χ3n) is 3.35. The molecule has 0 aliphatic rings. The predicted octanol–water partition coefficient (Wildman–Crippen LogP) is 2.74. The molecule has 0 radical (unpaired) electrons.